The van der Waals surface area contributed by atoms with E-state index in [9.17, 15) is 9.59 Å². The molecule has 7 heteroatoms. The first-order valence-electron chi connectivity index (χ1n) is 11.2. The first-order chi connectivity index (χ1) is 16.4. The standard InChI is InChI=1S/C27H28N4O3/c1-5-34-24-13-9-8-12-23(24)31-25(29-22-11-7-6-10-21(22)26(31)32)19(3)30(4)27(33)28-20-16-14-18(2)15-17-20/h6-17,19H,5H2,1-4H3,(H,28,33). The summed E-state index contributed by atoms with van der Waals surface area (Å²) in [6, 6.07) is 21.3. The van der Waals surface area contributed by atoms with Crippen LogP contribution in [0, 0.1) is 6.92 Å². The third-order valence-electron chi connectivity index (χ3n) is 5.79. The molecular formula is C27H28N4O3. The second-order valence-electron chi connectivity index (χ2n) is 8.11. The van der Waals surface area contributed by atoms with Crippen LogP contribution in [0.15, 0.2) is 77.6 Å². The van der Waals surface area contributed by atoms with Crippen LogP contribution >= 0.6 is 0 Å². The molecule has 0 fully saturated rings. The van der Waals surface area contributed by atoms with E-state index in [0.717, 1.165) is 5.56 Å². The molecular weight excluding hydrogens is 428 g/mol. The zero-order valence-electron chi connectivity index (χ0n) is 19.8. The van der Waals surface area contributed by atoms with Gasteiger partial charge in [-0.15, -0.1) is 0 Å². The lowest BCUT2D eigenvalue weighted by Gasteiger charge is -2.27. The molecule has 0 bridgehead atoms. The number of para-hydroxylation sites is 3. The average Bonchev–Trinajstić information content (AvgIpc) is 2.85. The van der Waals surface area contributed by atoms with Crippen molar-refractivity contribution in [1.82, 2.24) is 14.5 Å². The van der Waals surface area contributed by atoms with Crippen molar-refractivity contribution in [3.05, 3.63) is 94.5 Å². The van der Waals surface area contributed by atoms with Crippen molar-refractivity contribution in [3.63, 3.8) is 0 Å². The van der Waals surface area contributed by atoms with E-state index in [2.05, 4.69) is 5.32 Å². The van der Waals surface area contributed by atoms with Crippen LogP contribution in [0.3, 0.4) is 0 Å². The molecule has 1 aromatic heterocycles. The smallest absolute Gasteiger partial charge is 0.322 e. The van der Waals surface area contributed by atoms with Crippen LogP contribution in [-0.4, -0.2) is 34.1 Å². The maximum atomic E-state index is 13.7. The number of ether oxygens (including phenoxy) is 1. The fourth-order valence-electron chi connectivity index (χ4n) is 3.78. The van der Waals surface area contributed by atoms with Crippen molar-refractivity contribution >= 4 is 22.6 Å². The summed E-state index contributed by atoms with van der Waals surface area (Å²) >= 11 is 0. The molecule has 4 rings (SSSR count). The molecule has 1 heterocycles. The van der Waals surface area contributed by atoms with Gasteiger partial charge in [-0.25, -0.2) is 9.78 Å². The number of hydrogen-bond donors (Lipinski definition) is 1. The monoisotopic (exact) mass is 456 g/mol. The largest absolute Gasteiger partial charge is 0.492 e. The number of anilines is 1. The third kappa shape index (κ3) is 4.50. The lowest BCUT2D eigenvalue weighted by atomic mass is 10.2. The predicted octanol–water partition coefficient (Wildman–Crippen LogP) is 5.32. The number of urea groups is 1. The summed E-state index contributed by atoms with van der Waals surface area (Å²) < 4.78 is 7.36. The van der Waals surface area contributed by atoms with Gasteiger partial charge in [-0.3, -0.25) is 9.36 Å². The van der Waals surface area contributed by atoms with Gasteiger partial charge in [0.1, 0.15) is 11.6 Å². The van der Waals surface area contributed by atoms with Crippen LogP contribution in [0.5, 0.6) is 5.75 Å². The van der Waals surface area contributed by atoms with Gasteiger partial charge < -0.3 is 15.0 Å². The Morgan fingerprint density at radius 1 is 1.06 bits per heavy atom. The van der Waals surface area contributed by atoms with E-state index in [1.54, 1.807) is 23.7 Å². The lowest BCUT2D eigenvalue weighted by molar-refractivity contribution is 0.205. The quantitative estimate of drug-likeness (QED) is 0.426. The van der Waals surface area contributed by atoms with E-state index < -0.39 is 6.04 Å². The minimum atomic E-state index is -0.516. The maximum Gasteiger partial charge on any atom is 0.322 e. The number of aromatic nitrogens is 2. The Kier molecular flexibility index (Phi) is 6.63. The van der Waals surface area contributed by atoms with Crippen LogP contribution in [0.1, 0.15) is 31.3 Å². The Morgan fingerprint density at radius 2 is 1.74 bits per heavy atom. The van der Waals surface area contributed by atoms with E-state index in [-0.39, 0.29) is 11.6 Å². The van der Waals surface area contributed by atoms with Crippen LogP contribution < -0.4 is 15.6 Å². The van der Waals surface area contributed by atoms with Crippen LogP contribution in [0.25, 0.3) is 16.6 Å². The zero-order valence-corrected chi connectivity index (χ0v) is 19.8. The molecule has 3 aromatic carbocycles. The molecule has 0 aliphatic carbocycles. The Bertz CT molecular complexity index is 1380. The lowest BCUT2D eigenvalue weighted by Crippen LogP contribution is -2.37. The van der Waals surface area contributed by atoms with Gasteiger partial charge >= 0.3 is 6.03 Å². The molecule has 34 heavy (non-hydrogen) atoms. The molecule has 4 aromatic rings. The highest BCUT2D eigenvalue weighted by atomic mass is 16.5. The fraction of sp³-hybridized carbons (Fsp3) is 0.222. The summed E-state index contributed by atoms with van der Waals surface area (Å²) in [6.07, 6.45) is 0. The van der Waals surface area contributed by atoms with Gasteiger partial charge in [0.15, 0.2) is 0 Å². The molecule has 0 aliphatic rings. The van der Waals surface area contributed by atoms with Gasteiger partial charge in [0.2, 0.25) is 0 Å². The molecule has 1 unspecified atom stereocenters. The number of aryl methyl sites for hydroxylation is 1. The molecule has 0 aliphatic heterocycles. The Labute approximate surface area is 198 Å². The van der Waals surface area contributed by atoms with Crippen molar-refractivity contribution in [2.75, 3.05) is 19.0 Å². The van der Waals surface area contributed by atoms with E-state index >= 15 is 0 Å². The van der Waals surface area contributed by atoms with Gasteiger partial charge in [0, 0.05) is 12.7 Å². The van der Waals surface area contributed by atoms with E-state index in [1.165, 1.54) is 4.90 Å². The molecule has 0 saturated heterocycles. The van der Waals surface area contributed by atoms with Crippen molar-refractivity contribution in [2.24, 2.45) is 0 Å². The number of benzene rings is 3. The summed E-state index contributed by atoms with van der Waals surface area (Å²) in [5.74, 6) is 1.02. The molecule has 1 N–H and O–H groups in total. The second kappa shape index (κ2) is 9.79. The average molecular weight is 457 g/mol. The van der Waals surface area contributed by atoms with Gasteiger partial charge in [-0.2, -0.15) is 0 Å². The van der Waals surface area contributed by atoms with Crippen LogP contribution in [0.4, 0.5) is 10.5 Å². The first-order valence-corrected chi connectivity index (χ1v) is 11.2. The van der Waals surface area contributed by atoms with Gasteiger partial charge in [0.25, 0.3) is 5.56 Å². The van der Waals surface area contributed by atoms with Gasteiger partial charge in [-0.1, -0.05) is 42.0 Å². The van der Waals surface area contributed by atoms with Crippen molar-refractivity contribution < 1.29 is 9.53 Å². The molecule has 174 valence electrons. The Morgan fingerprint density at radius 3 is 2.47 bits per heavy atom. The third-order valence-corrected chi connectivity index (χ3v) is 5.79. The zero-order chi connectivity index (χ0) is 24.2. The number of carbonyl (C=O) groups is 1. The molecule has 1 atom stereocenters. The number of nitrogens with zero attached hydrogens (tertiary/aromatic N) is 3. The van der Waals surface area contributed by atoms with Crippen LogP contribution in [-0.2, 0) is 0 Å². The van der Waals surface area contributed by atoms with E-state index in [4.69, 9.17) is 9.72 Å². The number of carbonyl (C=O) groups excluding carboxylic acids is 1. The molecule has 0 spiro atoms. The van der Waals surface area contributed by atoms with Crippen molar-refractivity contribution in [2.45, 2.75) is 26.8 Å². The number of fused-ring (bicyclic) bond motifs is 1. The van der Waals surface area contributed by atoms with E-state index in [0.29, 0.717) is 40.5 Å². The summed E-state index contributed by atoms with van der Waals surface area (Å²) in [6.45, 7) is 6.19. The summed E-state index contributed by atoms with van der Waals surface area (Å²) in [5, 5.41) is 3.41. The number of nitrogens with one attached hydrogen (secondary N) is 1. The molecule has 7 nitrogen and oxygen atoms in total. The summed E-state index contributed by atoms with van der Waals surface area (Å²) in [4.78, 5) is 33.1. The van der Waals surface area contributed by atoms with Crippen molar-refractivity contribution in [3.8, 4) is 11.4 Å². The van der Waals surface area contributed by atoms with Gasteiger partial charge in [0.05, 0.1) is 29.2 Å². The Balaban J connectivity index is 1.81. The number of rotatable bonds is 6. The van der Waals surface area contributed by atoms with Gasteiger partial charge in [-0.05, 0) is 57.2 Å². The molecule has 0 radical (unpaired) electrons. The van der Waals surface area contributed by atoms with Crippen molar-refractivity contribution in [1.29, 1.82) is 0 Å². The first kappa shape index (κ1) is 23.0. The predicted molar refractivity (Wildman–Crippen MR) is 135 cm³/mol. The second-order valence-corrected chi connectivity index (χ2v) is 8.11. The number of hydrogen-bond acceptors (Lipinski definition) is 4. The minimum Gasteiger partial charge on any atom is -0.492 e. The molecule has 2 amide bonds. The van der Waals surface area contributed by atoms with Crippen LogP contribution in [0.2, 0.25) is 0 Å². The molecule has 0 saturated carbocycles. The fourth-order valence-corrected chi connectivity index (χ4v) is 3.78. The Hall–Kier alpha value is -4.13. The SMILES string of the molecule is CCOc1ccccc1-n1c(C(C)N(C)C(=O)Nc2ccc(C)cc2)nc2ccccc2c1=O. The minimum absolute atomic E-state index is 0.216. The highest BCUT2D eigenvalue weighted by Gasteiger charge is 2.25. The van der Waals surface area contributed by atoms with E-state index in [1.807, 2.05) is 81.4 Å². The maximum absolute atomic E-state index is 13.7. The summed E-state index contributed by atoms with van der Waals surface area (Å²) in [7, 11) is 1.69. The highest BCUT2D eigenvalue weighted by Crippen LogP contribution is 2.27. The normalized spacial score (nSPS) is 11.8. The summed E-state index contributed by atoms with van der Waals surface area (Å²) in [5.41, 5.74) is 2.75. The highest BCUT2D eigenvalue weighted by molar-refractivity contribution is 5.89. The topological polar surface area (TPSA) is 76.5 Å². The number of amides is 2.